The number of nitrogens with zero attached hydrogens (tertiary/aromatic N) is 1. The molecule has 0 radical (unpaired) electrons. The highest BCUT2D eigenvalue weighted by Crippen LogP contribution is 2.35. The van der Waals surface area contributed by atoms with E-state index in [0.29, 0.717) is 29.2 Å². The van der Waals surface area contributed by atoms with Crippen LogP contribution >= 0.6 is 39.0 Å². The van der Waals surface area contributed by atoms with Crippen molar-refractivity contribution in [1.29, 1.82) is 0 Å². The van der Waals surface area contributed by atoms with Crippen molar-refractivity contribution in [3.05, 3.63) is 70.7 Å². The van der Waals surface area contributed by atoms with Crippen LogP contribution in [-0.4, -0.2) is 36.3 Å². The van der Waals surface area contributed by atoms with Gasteiger partial charge < -0.3 is 20.1 Å². The third kappa shape index (κ3) is 6.18. The smallest absolute Gasteiger partial charge is 0.255 e. The van der Waals surface area contributed by atoms with E-state index in [2.05, 4.69) is 31.5 Å². The van der Waals surface area contributed by atoms with Crippen LogP contribution in [0.15, 0.2) is 69.5 Å². The van der Waals surface area contributed by atoms with Crippen LogP contribution < -0.4 is 20.1 Å². The first kappa shape index (κ1) is 26.0. The summed E-state index contributed by atoms with van der Waals surface area (Å²) in [6, 6.07) is 18.1. The van der Waals surface area contributed by atoms with Crippen LogP contribution in [0.25, 0.3) is 10.2 Å². The summed E-state index contributed by atoms with van der Waals surface area (Å²) in [5.41, 5.74) is 2.68. The standard InChI is InChI=1S/C26H24BrN3O4S2/c1-4-22(25(32)28-17-8-6-16(27)7-9-17)35-26-30-19-11-10-18(14-23(19)36-26)29-24(31)15-5-12-20(33-2)21(13-15)34-3/h5-14,22H,4H2,1-3H3,(H,28,32)(H,29,31)/t22-/m0/s1. The molecule has 0 saturated carbocycles. The quantitative estimate of drug-likeness (QED) is 0.209. The maximum Gasteiger partial charge on any atom is 0.255 e. The number of halogens is 1. The predicted octanol–water partition coefficient (Wildman–Crippen LogP) is 6.84. The number of thiazole rings is 1. The number of ether oxygens (including phenoxy) is 2. The molecule has 0 spiro atoms. The number of fused-ring (bicyclic) bond motifs is 1. The number of hydrogen-bond acceptors (Lipinski definition) is 7. The summed E-state index contributed by atoms with van der Waals surface area (Å²) in [6.45, 7) is 1.98. The van der Waals surface area contributed by atoms with Crippen molar-refractivity contribution < 1.29 is 19.1 Å². The number of carbonyl (C=O) groups excluding carboxylic acids is 2. The van der Waals surface area contributed by atoms with Crippen LogP contribution in [0.3, 0.4) is 0 Å². The molecule has 4 aromatic rings. The van der Waals surface area contributed by atoms with Crippen LogP contribution in [0.4, 0.5) is 11.4 Å². The number of carbonyl (C=O) groups is 2. The van der Waals surface area contributed by atoms with Gasteiger partial charge in [0.05, 0.1) is 29.7 Å². The molecule has 0 bridgehead atoms. The molecule has 0 unspecified atom stereocenters. The molecule has 10 heteroatoms. The Kier molecular flexibility index (Phi) is 8.50. The zero-order valence-corrected chi connectivity index (χ0v) is 23.1. The van der Waals surface area contributed by atoms with Crippen LogP contribution in [0.5, 0.6) is 11.5 Å². The first-order chi connectivity index (χ1) is 17.4. The fourth-order valence-corrected chi connectivity index (χ4v) is 5.95. The second-order valence-electron chi connectivity index (χ2n) is 7.70. The fourth-order valence-electron chi connectivity index (χ4n) is 3.41. The van der Waals surface area contributed by atoms with Gasteiger partial charge in [-0.15, -0.1) is 11.3 Å². The van der Waals surface area contributed by atoms with Gasteiger partial charge in [-0.3, -0.25) is 9.59 Å². The van der Waals surface area contributed by atoms with Gasteiger partial charge in [-0.2, -0.15) is 0 Å². The summed E-state index contributed by atoms with van der Waals surface area (Å²) >= 11 is 6.33. The zero-order valence-electron chi connectivity index (χ0n) is 19.8. The van der Waals surface area contributed by atoms with Crippen LogP contribution in [0.2, 0.25) is 0 Å². The van der Waals surface area contributed by atoms with Crippen molar-refractivity contribution >= 4 is 72.4 Å². The topological polar surface area (TPSA) is 89.6 Å². The zero-order chi connectivity index (χ0) is 25.7. The summed E-state index contributed by atoms with van der Waals surface area (Å²) in [6.07, 6.45) is 0.662. The maximum absolute atomic E-state index is 12.8. The summed E-state index contributed by atoms with van der Waals surface area (Å²) in [5.74, 6) is 0.720. The molecule has 1 aromatic heterocycles. The van der Waals surface area contributed by atoms with E-state index in [-0.39, 0.29) is 17.1 Å². The van der Waals surface area contributed by atoms with E-state index < -0.39 is 0 Å². The Balaban J connectivity index is 1.45. The number of methoxy groups -OCH3 is 2. The van der Waals surface area contributed by atoms with Crippen molar-refractivity contribution in [2.24, 2.45) is 0 Å². The Morgan fingerprint density at radius 2 is 1.69 bits per heavy atom. The minimum Gasteiger partial charge on any atom is -0.493 e. The summed E-state index contributed by atoms with van der Waals surface area (Å²) in [4.78, 5) is 30.3. The van der Waals surface area contributed by atoms with E-state index in [4.69, 9.17) is 9.47 Å². The lowest BCUT2D eigenvalue weighted by Gasteiger charge is -2.13. The van der Waals surface area contributed by atoms with Crippen LogP contribution in [0, 0.1) is 0 Å². The highest BCUT2D eigenvalue weighted by molar-refractivity contribution is 9.10. The van der Waals surface area contributed by atoms with Gasteiger partial charge in [0.25, 0.3) is 5.91 Å². The Bertz CT molecular complexity index is 1390. The number of aromatic nitrogens is 1. The normalized spacial score (nSPS) is 11.7. The molecular formula is C26H24BrN3O4S2. The van der Waals surface area contributed by atoms with Gasteiger partial charge in [0, 0.05) is 21.4 Å². The lowest BCUT2D eigenvalue weighted by atomic mass is 10.2. The minimum atomic E-state index is -0.279. The molecule has 4 rings (SSSR count). The third-order valence-corrected chi connectivity index (χ3v) is 8.30. The summed E-state index contributed by atoms with van der Waals surface area (Å²) in [5, 5.41) is 5.61. The van der Waals surface area contributed by atoms with Crippen molar-refractivity contribution in [2.75, 3.05) is 24.9 Å². The first-order valence-electron chi connectivity index (χ1n) is 11.1. The highest BCUT2D eigenvalue weighted by Gasteiger charge is 2.20. The molecule has 0 aliphatic carbocycles. The van der Waals surface area contributed by atoms with E-state index in [9.17, 15) is 9.59 Å². The molecule has 3 aromatic carbocycles. The minimum absolute atomic E-state index is 0.0630. The molecule has 0 aliphatic heterocycles. The Hall–Kier alpha value is -3.08. The maximum atomic E-state index is 12.8. The number of nitrogens with one attached hydrogen (secondary N) is 2. The molecule has 0 aliphatic rings. The second kappa shape index (κ2) is 11.8. The average molecular weight is 587 g/mol. The van der Waals surface area contributed by atoms with Gasteiger partial charge in [0.15, 0.2) is 15.8 Å². The lowest BCUT2D eigenvalue weighted by molar-refractivity contribution is -0.115. The van der Waals surface area contributed by atoms with E-state index in [1.54, 1.807) is 25.3 Å². The van der Waals surface area contributed by atoms with Gasteiger partial charge in [-0.25, -0.2) is 4.98 Å². The highest BCUT2D eigenvalue weighted by atomic mass is 79.9. The summed E-state index contributed by atoms with van der Waals surface area (Å²) < 4.78 is 13.2. The van der Waals surface area contributed by atoms with Crippen molar-refractivity contribution in [3.63, 3.8) is 0 Å². The lowest BCUT2D eigenvalue weighted by Crippen LogP contribution is -2.24. The fraction of sp³-hybridized carbons (Fsp3) is 0.192. The predicted molar refractivity (Wildman–Crippen MR) is 150 cm³/mol. The van der Waals surface area contributed by atoms with E-state index in [0.717, 1.165) is 24.7 Å². The molecule has 36 heavy (non-hydrogen) atoms. The molecule has 0 saturated heterocycles. The molecule has 1 heterocycles. The molecule has 1 atom stereocenters. The molecule has 7 nitrogen and oxygen atoms in total. The van der Waals surface area contributed by atoms with Gasteiger partial charge in [0.1, 0.15) is 0 Å². The van der Waals surface area contributed by atoms with Crippen molar-refractivity contribution in [3.8, 4) is 11.5 Å². The molecule has 0 fully saturated rings. The second-order valence-corrected chi connectivity index (χ2v) is 11.1. The van der Waals surface area contributed by atoms with E-state index >= 15 is 0 Å². The first-order valence-corrected chi connectivity index (χ1v) is 13.6. The number of rotatable bonds is 9. The summed E-state index contributed by atoms with van der Waals surface area (Å²) in [7, 11) is 3.08. The number of thioether (sulfide) groups is 1. The Morgan fingerprint density at radius 1 is 0.972 bits per heavy atom. The SMILES string of the molecule is CC[C@H](Sc1nc2ccc(NC(=O)c3ccc(OC)c(OC)c3)cc2s1)C(=O)Nc1ccc(Br)cc1. The van der Waals surface area contributed by atoms with Gasteiger partial charge in [0.2, 0.25) is 5.91 Å². The molecule has 186 valence electrons. The molecule has 2 amide bonds. The van der Waals surface area contributed by atoms with Gasteiger partial charge >= 0.3 is 0 Å². The Morgan fingerprint density at radius 3 is 2.39 bits per heavy atom. The van der Waals surface area contributed by atoms with Crippen LogP contribution in [0.1, 0.15) is 23.7 Å². The van der Waals surface area contributed by atoms with Crippen molar-refractivity contribution in [1.82, 2.24) is 4.98 Å². The monoisotopic (exact) mass is 585 g/mol. The third-order valence-electron chi connectivity index (χ3n) is 5.29. The molecular weight excluding hydrogens is 562 g/mol. The van der Waals surface area contributed by atoms with E-state index in [1.165, 1.54) is 30.2 Å². The van der Waals surface area contributed by atoms with Gasteiger partial charge in [-0.05, 0) is 67.1 Å². The van der Waals surface area contributed by atoms with Gasteiger partial charge in [-0.1, -0.05) is 34.6 Å². The van der Waals surface area contributed by atoms with Crippen molar-refractivity contribution in [2.45, 2.75) is 22.9 Å². The molecule has 2 N–H and O–H groups in total. The number of amides is 2. The van der Waals surface area contributed by atoms with E-state index in [1.807, 2.05) is 49.4 Å². The number of hydrogen-bond donors (Lipinski definition) is 2. The van der Waals surface area contributed by atoms with Crippen LogP contribution in [-0.2, 0) is 4.79 Å². The average Bonchev–Trinajstić information content (AvgIpc) is 3.29. The largest absolute Gasteiger partial charge is 0.493 e. The number of anilines is 2. The Labute approximate surface area is 225 Å². The number of benzene rings is 3.